The molecule has 0 bridgehead atoms. The lowest BCUT2D eigenvalue weighted by molar-refractivity contribution is -0.122. The van der Waals surface area contributed by atoms with Gasteiger partial charge in [-0.3, -0.25) is 0 Å². The van der Waals surface area contributed by atoms with Crippen LogP contribution in [0.2, 0.25) is 0 Å². The molecule has 12 saturated carbocycles. The van der Waals surface area contributed by atoms with Crippen molar-refractivity contribution >= 4 is 6.29 Å². The summed E-state index contributed by atoms with van der Waals surface area (Å²) in [6.07, 6.45) is 1.64. The van der Waals surface area contributed by atoms with Crippen molar-refractivity contribution in [2.24, 2.45) is 118 Å². The molecule has 0 aromatic carbocycles. The van der Waals surface area contributed by atoms with Crippen molar-refractivity contribution in [1.82, 2.24) is 0 Å². The van der Waals surface area contributed by atoms with Crippen LogP contribution in [-0.2, 0) is 4.79 Å². The largest absolute Gasteiger partial charge is 0.303 e. The zero-order valence-electron chi connectivity index (χ0n) is 12.5. The maximum Gasteiger partial charge on any atom is 0.127 e. The highest BCUT2D eigenvalue weighted by Crippen LogP contribution is 3.04. The summed E-state index contributed by atoms with van der Waals surface area (Å²) >= 11 is 0. The van der Waals surface area contributed by atoms with Crippen LogP contribution in [-0.4, -0.2) is 6.29 Å². The minimum atomic E-state index is 0.262. The van der Waals surface area contributed by atoms with Gasteiger partial charge in [0, 0.05) is 5.41 Å². The minimum Gasteiger partial charge on any atom is -0.303 e. The maximum absolute atomic E-state index is 12.7. The average molecular weight is 288 g/mol. The first-order valence-corrected chi connectivity index (χ1v) is 10.4. The number of rotatable bonds is 1. The monoisotopic (exact) mass is 288 g/mol. The molecule has 0 radical (unpaired) electrons. The Morgan fingerprint density at radius 3 is 0.864 bits per heavy atom. The molecule has 0 amide bonds. The molecule has 110 valence electrons. The number of carbonyl (C=O) groups excluding carboxylic acids is 1. The minimum absolute atomic E-state index is 0.262. The van der Waals surface area contributed by atoms with E-state index in [4.69, 9.17) is 0 Å². The highest BCUT2D eigenvalue weighted by Gasteiger charge is 3.01. The van der Waals surface area contributed by atoms with Crippen LogP contribution in [0.15, 0.2) is 0 Å². The molecule has 0 saturated heterocycles. The molecule has 12 rings (SSSR count). The summed E-state index contributed by atoms with van der Waals surface area (Å²) in [5.74, 6) is 21.0. The van der Waals surface area contributed by atoms with E-state index in [9.17, 15) is 4.79 Å². The molecular weight excluding hydrogens is 268 g/mol. The number of hydrogen-bond acceptors (Lipinski definition) is 1. The van der Waals surface area contributed by atoms with E-state index in [1.54, 1.807) is 6.29 Å². The van der Waals surface area contributed by atoms with Gasteiger partial charge in [-0.2, -0.15) is 0 Å². The Morgan fingerprint density at radius 1 is 0.409 bits per heavy atom. The van der Waals surface area contributed by atoms with Crippen molar-refractivity contribution < 1.29 is 4.79 Å². The summed E-state index contributed by atoms with van der Waals surface area (Å²) in [4.78, 5) is 12.7. The summed E-state index contributed by atoms with van der Waals surface area (Å²) in [6, 6.07) is 0. The second-order valence-electron chi connectivity index (χ2n) is 11.9. The number of hydrogen-bond donors (Lipinski definition) is 0. The lowest BCUT2D eigenvalue weighted by atomic mass is 9.67. The van der Waals surface area contributed by atoms with Crippen LogP contribution in [0.5, 0.6) is 0 Å². The highest BCUT2D eigenvalue weighted by atomic mass is 16.1. The molecule has 1 heteroatoms. The third-order valence-electron chi connectivity index (χ3n) is 13.8. The maximum atomic E-state index is 12.7. The van der Waals surface area contributed by atoms with Gasteiger partial charge in [0.05, 0.1) is 0 Å². The Balaban J connectivity index is 1.47. The van der Waals surface area contributed by atoms with Gasteiger partial charge in [0.2, 0.25) is 0 Å². The summed E-state index contributed by atoms with van der Waals surface area (Å²) in [5.41, 5.74) is 0.262. The summed E-state index contributed by atoms with van der Waals surface area (Å²) in [5, 5.41) is 0. The first-order chi connectivity index (χ1) is 10.9. The molecule has 1 nitrogen and oxygen atoms in total. The Labute approximate surface area is 129 Å². The topological polar surface area (TPSA) is 17.1 Å². The number of carbonyl (C=O) groups is 1. The Morgan fingerprint density at radius 2 is 0.636 bits per heavy atom. The van der Waals surface area contributed by atoms with E-state index in [-0.39, 0.29) is 5.41 Å². The SMILES string of the molecule is O=CC12C3[C@@H]4[C@@H]5C6C7C8[C@@H]9[C@@H]6[C@@H]4C1[C@H]9[C@H]1C2[C@H]2[C@@H](C7[C@@H]5[C@@H]32)[C@H]81. The van der Waals surface area contributed by atoms with Crippen molar-refractivity contribution in [1.29, 1.82) is 0 Å². The summed E-state index contributed by atoms with van der Waals surface area (Å²) in [6.45, 7) is 0. The first kappa shape index (κ1) is 9.23. The quantitative estimate of drug-likeness (QED) is 0.675. The molecule has 0 aromatic heterocycles. The van der Waals surface area contributed by atoms with Crippen molar-refractivity contribution in [3.63, 3.8) is 0 Å². The lowest BCUT2D eigenvalue weighted by Gasteiger charge is -2.35. The molecule has 0 heterocycles. The fourth-order valence-corrected chi connectivity index (χ4v) is 15.8. The highest BCUT2D eigenvalue weighted by molar-refractivity contribution is 5.69. The second-order valence-corrected chi connectivity index (χ2v) is 11.9. The van der Waals surface area contributed by atoms with Gasteiger partial charge >= 0.3 is 0 Å². The second kappa shape index (κ2) is 1.97. The molecule has 12 fully saturated rings. The Bertz CT molecular complexity index is 654. The smallest absolute Gasteiger partial charge is 0.127 e. The van der Waals surface area contributed by atoms with Crippen LogP contribution >= 0.6 is 0 Å². The fraction of sp³-hybridized carbons (Fsp3) is 0.952. The van der Waals surface area contributed by atoms with Gasteiger partial charge < -0.3 is 4.79 Å². The van der Waals surface area contributed by atoms with Crippen molar-refractivity contribution in [2.45, 2.75) is 0 Å². The predicted octanol–water partition coefficient (Wildman–Crippen LogP) is 2.03. The first-order valence-electron chi connectivity index (χ1n) is 10.4. The van der Waals surface area contributed by atoms with Crippen molar-refractivity contribution in [2.75, 3.05) is 0 Å². The van der Waals surface area contributed by atoms with Gasteiger partial charge in [-0.15, -0.1) is 0 Å². The Hall–Kier alpha value is -0.330. The van der Waals surface area contributed by atoms with Crippen LogP contribution in [0.3, 0.4) is 0 Å². The van der Waals surface area contributed by atoms with Crippen LogP contribution in [0, 0.1) is 118 Å². The summed E-state index contributed by atoms with van der Waals surface area (Å²) in [7, 11) is 0. The van der Waals surface area contributed by atoms with E-state index >= 15 is 0 Å². The van der Waals surface area contributed by atoms with Crippen molar-refractivity contribution in [3.8, 4) is 0 Å². The van der Waals surface area contributed by atoms with E-state index < -0.39 is 0 Å². The molecule has 0 N–H and O–H groups in total. The Kier molecular flexibility index (Phi) is 0.828. The molecule has 8 unspecified atom stereocenters. The van der Waals surface area contributed by atoms with Gasteiger partial charge in [-0.1, -0.05) is 0 Å². The van der Waals surface area contributed by atoms with E-state index in [0.717, 1.165) is 88.8 Å². The van der Waals surface area contributed by atoms with E-state index in [1.807, 2.05) is 0 Å². The van der Waals surface area contributed by atoms with E-state index in [2.05, 4.69) is 0 Å². The van der Waals surface area contributed by atoms with Crippen LogP contribution in [0.1, 0.15) is 0 Å². The normalized spacial score (nSPS) is 102. The molecule has 0 aliphatic heterocycles. The van der Waals surface area contributed by atoms with Crippen molar-refractivity contribution in [3.05, 3.63) is 0 Å². The molecule has 0 aromatic rings. The number of aldehydes is 1. The van der Waals surface area contributed by atoms with Crippen LogP contribution < -0.4 is 0 Å². The van der Waals surface area contributed by atoms with Crippen LogP contribution in [0.25, 0.3) is 0 Å². The van der Waals surface area contributed by atoms with Gasteiger partial charge in [0.25, 0.3) is 0 Å². The molecule has 12 aliphatic rings. The zero-order chi connectivity index (χ0) is 13.2. The third kappa shape index (κ3) is 0.414. The fourth-order valence-electron chi connectivity index (χ4n) is 15.8. The third-order valence-corrected chi connectivity index (χ3v) is 13.8. The average Bonchev–Trinajstić information content (AvgIpc) is 3.18. The van der Waals surface area contributed by atoms with Gasteiger partial charge in [-0.25, -0.2) is 0 Å². The zero-order valence-corrected chi connectivity index (χ0v) is 12.5. The van der Waals surface area contributed by atoms with Gasteiger partial charge in [0.15, 0.2) is 0 Å². The van der Waals surface area contributed by atoms with E-state index in [1.165, 1.54) is 23.7 Å². The molecule has 0 spiro atoms. The van der Waals surface area contributed by atoms with Gasteiger partial charge in [0.1, 0.15) is 6.29 Å². The molecule has 22 heavy (non-hydrogen) atoms. The predicted molar refractivity (Wildman–Crippen MR) is 74.8 cm³/mol. The summed E-state index contributed by atoms with van der Waals surface area (Å²) < 4.78 is 0. The van der Waals surface area contributed by atoms with Gasteiger partial charge in [-0.05, 0) is 112 Å². The molecular formula is C21H20O. The molecule has 12 aliphatic carbocycles. The van der Waals surface area contributed by atoms with E-state index in [0.29, 0.717) is 0 Å². The lowest BCUT2D eigenvalue weighted by Crippen LogP contribution is -2.37. The molecule has 20 atom stereocenters. The van der Waals surface area contributed by atoms with Crippen LogP contribution in [0.4, 0.5) is 0 Å². The standard InChI is InChI=1S/C21H20O/c22-1-21-18-12-6-3-2-4-8(6)14(18)16-10(4)11-5(2)9-7(3)13(12)19(21)15(9)17(11)20(16)21/h1-20H/t2?,3?,4?,5?,6-,7-,8-,9+,10+,11+,12-,13+,14-,15+,16+,17-,18?,19?,20?,21?/m0/s1.